The Labute approximate surface area is 121 Å². The maximum Gasteiger partial charge on any atom is 0.302 e. The van der Waals surface area contributed by atoms with Gasteiger partial charge in [0, 0.05) is 24.3 Å². The minimum Gasteiger partial charge on any atom is -0.286 e. The zero-order chi connectivity index (χ0) is 15.1. The lowest BCUT2D eigenvalue weighted by atomic mass is 9.98. The summed E-state index contributed by atoms with van der Waals surface area (Å²) >= 11 is 1.30. The number of nitrogens with zero attached hydrogens (tertiary/aromatic N) is 3. The summed E-state index contributed by atoms with van der Waals surface area (Å²) in [6.45, 7) is 6.13. The van der Waals surface area contributed by atoms with Gasteiger partial charge in [0.05, 0.1) is 5.75 Å². The number of carbonyl (C=O) groups excluding carboxylic acids is 1. The van der Waals surface area contributed by atoms with E-state index >= 15 is 0 Å². The average Bonchev–Trinajstić information content (AvgIpc) is 2.81. The van der Waals surface area contributed by atoms with E-state index in [4.69, 9.17) is 0 Å². The number of anilines is 1. The van der Waals surface area contributed by atoms with Gasteiger partial charge < -0.3 is 0 Å². The zero-order valence-electron chi connectivity index (χ0n) is 11.5. The summed E-state index contributed by atoms with van der Waals surface area (Å²) in [5.41, 5.74) is -0.166. The van der Waals surface area contributed by atoms with Crippen molar-refractivity contribution in [3.05, 3.63) is 5.01 Å². The fraction of sp³-hybridized carbons (Fsp3) is 0.727. The van der Waals surface area contributed by atoms with Crippen molar-refractivity contribution in [3.63, 3.8) is 0 Å². The van der Waals surface area contributed by atoms with Crippen LogP contribution in [0.5, 0.6) is 0 Å². The molecule has 20 heavy (non-hydrogen) atoms. The molecule has 1 aromatic rings. The van der Waals surface area contributed by atoms with Crippen LogP contribution >= 0.6 is 11.3 Å². The van der Waals surface area contributed by atoms with E-state index in [0.717, 1.165) is 5.01 Å². The molecule has 1 unspecified atom stereocenters. The van der Waals surface area contributed by atoms with Crippen molar-refractivity contribution in [3.8, 4) is 0 Å². The Balaban J connectivity index is 2.14. The molecule has 0 saturated carbocycles. The predicted octanol–water partition coefficient (Wildman–Crippen LogP) is 1.49. The monoisotopic (exact) mass is 321 g/mol. The third-order valence-corrected chi connectivity index (χ3v) is 5.17. The van der Waals surface area contributed by atoms with Crippen LogP contribution < -0.4 is 4.90 Å². The van der Waals surface area contributed by atoms with Crippen LogP contribution in [0.4, 0.5) is 9.02 Å². The van der Waals surface area contributed by atoms with E-state index in [1.54, 1.807) is 0 Å². The summed E-state index contributed by atoms with van der Waals surface area (Å²) in [5.74, 6) is -1.39. The van der Waals surface area contributed by atoms with Gasteiger partial charge in [-0.2, -0.15) is 8.42 Å². The number of aromatic nitrogens is 2. The molecule has 112 valence electrons. The SMILES string of the molecule is CC(C)(C)c1nnc(N2CC(CS(=O)(=O)F)CC2=O)s1. The first-order valence-corrected chi connectivity index (χ1v) is 8.50. The summed E-state index contributed by atoms with van der Waals surface area (Å²) in [4.78, 5) is 13.3. The fourth-order valence-corrected chi connectivity index (χ4v) is 3.70. The van der Waals surface area contributed by atoms with Crippen molar-refractivity contribution in [2.75, 3.05) is 17.2 Å². The second-order valence-electron chi connectivity index (χ2n) is 5.92. The van der Waals surface area contributed by atoms with E-state index in [9.17, 15) is 17.1 Å². The first kappa shape index (κ1) is 15.3. The molecule has 6 nitrogen and oxygen atoms in total. The fourth-order valence-electron chi connectivity index (χ4n) is 1.99. The van der Waals surface area contributed by atoms with Crippen LogP contribution in [0.2, 0.25) is 0 Å². The average molecular weight is 321 g/mol. The number of amides is 1. The van der Waals surface area contributed by atoms with Gasteiger partial charge in [-0.25, -0.2) is 0 Å². The maximum absolute atomic E-state index is 12.7. The molecule has 0 aliphatic carbocycles. The van der Waals surface area contributed by atoms with E-state index in [1.807, 2.05) is 20.8 Å². The summed E-state index contributed by atoms with van der Waals surface area (Å²) in [5, 5.41) is 9.26. The normalized spacial score (nSPS) is 20.7. The maximum atomic E-state index is 12.7. The lowest BCUT2D eigenvalue weighted by Gasteiger charge is -2.13. The third kappa shape index (κ3) is 3.51. The lowest BCUT2D eigenvalue weighted by Crippen LogP contribution is -2.25. The van der Waals surface area contributed by atoms with Gasteiger partial charge in [0.25, 0.3) is 0 Å². The molecule has 0 N–H and O–H groups in total. The largest absolute Gasteiger partial charge is 0.302 e. The summed E-state index contributed by atoms with van der Waals surface area (Å²) in [6.07, 6.45) is 0.0214. The highest BCUT2D eigenvalue weighted by molar-refractivity contribution is 7.86. The summed E-state index contributed by atoms with van der Waals surface area (Å²) in [6, 6.07) is 0. The molecular weight excluding hydrogens is 305 g/mol. The Morgan fingerprint density at radius 2 is 2.05 bits per heavy atom. The van der Waals surface area contributed by atoms with Crippen molar-refractivity contribution in [1.82, 2.24) is 10.2 Å². The van der Waals surface area contributed by atoms with Gasteiger partial charge in [0.1, 0.15) is 5.01 Å². The third-order valence-electron chi connectivity index (χ3n) is 2.93. The molecule has 2 heterocycles. The smallest absolute Gasteiger partial charge is 0.286 e. The molecule has 1 amide bonds. The second-order valence-corrected chi connectivity index (χ2v) is 8.29. The lowest BCUT2D eigenvalue weighted by molar-refractivity contribution is -0.117. The molecule has 1 saturated heterocycles. The van der Waals surface area contributed by atoms with Crippen LogP contribution in [0.15, 0.2) is 0 Å². The van der Waals surface area contributed by atoms with Crippen molar-refractivity contribution in [2.24, 2.45) is 5.92 Å². The molecule has 9 heteroatoms. The van der Waals surface area contributed by atoms with Gasteiger partial charge in [-0.15, -0.1) is 14.1 Å². The molecular formula is C11H16FN3O3S2. The highest BCUT2D eigenvalue weighted by Gasteiger charge is 2.35. The number of carbonyl (C=O) groups is 1. The Kier molecular flexibility index (Phi) is 3.85. The highest BCUT2D eigenvalue weighted by Crippen LogP contribution is 2.33. The van der Waals surface area contributed by atoms with E-state index in [2.05, 4.69) is 10.2 Å². The molecule has 0 bridgehead atoms. The van der Waals surface area contributed by atoms with Crippen LogP contribution in [-0.4, -0.2) is 36.8 Å². The number of hydrogen-bond acceptors (Lipinski definition) is 6. The van der Waals surface area contributed by atoms with E-state index in [-0.39, 0.29) is 24.3 Å². The molecule has 2 rings (SSSR count). The summed E-state index contributed by atoms with van der Waals surface area (Å²) < 4.78 is 34.0. The van der Waals surface area contributed by atoms with Gasteiger partial charge in [-0.1, -0.05) is 32.1 Å². The molecule has 0 aromatic carbocycles. The minimum absolute atomic E-state index is 0.0214. The van der Waals surface area contributed by atoms with Gasteiger partial charge in [0.15, 0.2) is 0 Å². The Bertz CT molecular complexity index is 621. The van der Waals surface area contributed by atoms with Crippen molar-refractivity contribution >= 4 is 32.6 Å². The first-order valence-electron chi connectivity index (χ1n) is 6.13. The second kappa shape index (κ2) is 5.03. The van der Waals surface area contributed by atoms with Gasteiger partial charge >= 0.3 is 10.2 Å². The van der Waals surface area contributed by atoms with Gasteiger partial charge in [-0.05, 0) is 0 Å². The van der Waals surface area contributed by atoms with Gasteiger partial charge in [-0.3, -0.25) is 9.69 Å². The van der Waals surface area contributed by atoms with Crippen molar-refractivity contribution in [2.45, 2.75) is 32.6 Å². The van der Waals surface area contributed by atoms with Crippen LogP contribution in [-0.2, 0) is 20.4 Å². The number of halogens is 1. The minimum atomic E-state index is -4.57. The standard InChI is InChI=1S/C11H16FN3O3S2/c1-11(2,3)9-13-14-10(19-9)15-5-7(4-8(15)16)6-20(12,17)18/h7H,4-6H2,1-3H3. The molecule has 1 atom stereocenters. The molecule has 0 radical (unpaired) electrons. The van der Waals surface area contributed by atoms with E-state index in [0.29, 0.717) is 5.13 Å². The van der Waals surface area contributed by atoms with Crippen LogP contribution in [0.1, 0.15) is 32.2 Å². The van der Waals surface area contributed by atoms with Crippen molar-refractivity contribution < 1.29 is 17.1 Å². The van der Waals surface area contributed by atoms with Crippen molar-refractivity contribution in [1.29, 1.82) is 0 Å². The van der Waals surface area contributed by atoms with Crippen LogP contribution in [0.25, 0.3) is 0 Å². The molecule has 1 fully saturated rings. The van der Waals surface area contributed by atoms with Crippen LogP contribution in [0.3, 0.4) is 0 Å². The van der Waals surface area contributed by atoms with E-state index in [1.165, 1.54) is 16.2 Å². The number of hydrogen-bond donors (Lipinski definition) is 0. The summed E-state index contributed by atoms with van der Waals surface area (Å²) in [7, 11) is -4.57. The Hall–Kier alpha value is -1.09. The molecule has 1 aliphatic rings. The van der Waals surface area contributed by atoms with Crippen LogP contribution in [0, 0.1) is 5.92 Å². The molecule has 0 spiro atoms. The first-order chi connectivity index (χ1) is 9.06. The molecule has 1 aromatic heterocycles. The molecule has 1 aliphatic heterocycles. The predicted molar refractivity (Wildman–Crippen MR) is 74.0 cm³/mol. The van der Waals surface area contributed by atoms with Gasteiger partial charge in [0.2, 0.25) is 11.0 Å². The quantitative estimate of drug-likeness (QED) is 0.788. The Morgan fingerprint density at radius 1 is 1.40 bits per heavy atom. The number of rotatable bonds is 3. The topological polar surface area (TPSA) is 80.2 Å². The highest BCUT2D eigenvalue weighted by atomic mass is 32.3. The zero-order valence-corrected chi connectivity index (χ0v) is 13.1. The Morgan fingerprint density at radius 3 is 2.55 bits per heavy atom. The van der Waals surface area contributed by atoms with E-state index < -0.39 is 21.9 Å².